The van der Waals surface area contributed by atoms with Crippen molar-refractivity contribution in [3.63, 3.8) is 0 Å². The molecule has 0 saturated heterocycles. The van der Waals surface area contributed by atoms with E-state index < -0.39 is 0 Å². The van der Waals surface area contributed by atoms with E-state index in [1.165, 1.54) is 102 Å². The summed E-state index contributed by atoms with van der Waals surface area (Å²) in [5, 5.41) is 0. The largest absolute Gasteiger partial charge is 0.463 e. The number of rotatable bonds is 18. The second-order valence-corrected chi connectivity index (χ2v) is 6.67. The van der Waals surface area contributed by atoms with E-state index in [0.717, 1.165) is 6.42 Å². The van der Waals surface area contributed by atoms with Crippen LogP contribution in [0.15, 0.2) is 12.7 Å². The van der Waals surface area contributed by atoms with Crippen molar-refractivity contribution in [2.24, 2.45) is 0 Å². The fraction of sp³-hybridized carbons (Fsp3) is 0.857. The van der Waals surface area contributed by atoms with Crippen molar-refractivity contribution in [1.29, 1.82) is 0 Å². The van der Waals surface area contributed by atoms with Gasteiger partial charge < -0.3 is 4.74 Å². The Labute approximate surface area is 173 Å². The van der Waals surface area contributed by atoms with Crippen LogP contribution in [0, 0.1) is 0 Å². The molecule has 0 aromatic rings. The summed E-state index contributed by atoms with van der Waals surface area (Å²) in [5.74, 6) is -0.300. The van der Waals surface area contributed by atoms with Crippen LogP contribution >= 0.6 is 0 Å². The summed E-state index contributed by atoms with van der Waals surface area (Å²) in [5.41, 5.74) is 0. The molecule has 0 atom stereocenters. The zero-order valence-electron chi connectivity index (χ0n) is 16.6. The van der Waals surface area contributed by atoms with Gasteiger partial charge in [0.05, 0.1) is 6.61 Å². The summed E-state index contributed by atoms with van der Waals surface area (Å²) in [6.07, 6.45) is 23.0. The van der Waals surface area contributed by atoms with Crippen molar-refractivity contribution in [2.45, 2.75) is 110 Å². The van der Waals surface area contributed by atoms with Gasteiger partial charge in [-0.1, -0.05) is 110 Å². The third kappa shape index (κ3) is 22.2. The molecule has 0 saturated carbocycles. The van der Waals surface area contributed by atoms with Gasteiger partial charge in [-0.2, -0.15) is 0 Å². The Morgan fingerprint density at radius 1 is 0.708 bits per heavy atom. The average molecular weight is 348 g/mol. The second-order valence-electron chi connectivity index (χ2n) is 6.67. The first-order valence-electron chi connectivity index (χ1n) is 10.1. The van der Waals surface area contributed by atoms with Crippen LogP contribution in [-0.2, 0) is 9.53 Å². The van der Waals surface area contributed by atoms with Crippen LogP contribution < -0.4 is 0 Å². The van der Waals surface area contributed by atoms with Crippen molar-refractivity contribution in [3.05, 3.63) is 12.7 Å². The van der Waals surface area contributed by atoms with Gasteiger partial charge in [0.1, 0.15) is 0 Å². The van der Waals surface area contributed by atoms with E-state index in [1.54, 1.807) is 0 Å². The fourth-order valence-electron chi connectivity index (χ4n) is 2.88. The summed E-state index contributed by atoms with van der Waals surface area (Å²) < 4.78 is 4.95. The first kappa shape index (κ1) is 26.4. The number of carbonyl (C=O) groups is 1. The number of hydrogen-bond donors (Lipinski definition) is 0. The van der Waals surface area contributed by atoms with E-state index in [1.807, 2.05) is 0 Å². The Morgan fingerprint density at radius 2 is 1.04 bits per heavy atom. The molecule has 2 nitrogen and oxygen atoms in total. The van der Waals surface area contributed by atoms with Crippen molar-refractivity contribution in [2.75, 3.05) is 6.61 Å². The Kier molecular flexibility index (Phi) is 25.6. The first-order chi connectivity index (χ1) is 11.3. The summed E-state index contributed by atoms with van der Waals surface area (Å²) >= 11 is 0. The molecule has 0 heterocycles. The number of ether oxygens (including phenoxy) is 1. The molecule has 0 fully saturated rings. The van der Waals surface area contributed by atoms with E-state index in [4.69, 9.17) is 4.74 Å². The van der Waals surface area contributed by atoms with Gasteiger partial charge in [0.25, 0.3) is 0 Å². The molecule has 24 heavy (non-hydrogen) atoms. The maximum absolute atomic E-state index is 10.8. The van der Waals surface area contributed by atoms with Crippen molar-refractivity contribution < 1.29 is 9.53 Å². The normalized spacial score (nSPS) is 10.2. The molecule has 0 amide bonds. The maximum Gasteiger partial charge on any atom is 0.330 e. The van der Waals surface area contributed by atoms with E-state index in [9.17, 15) is 4.79 Å². The van der Waals surface area contributed by atoms with E-state index in [-0.39, 0.29) is 35.5 Å². The van der Waals surface area contributed by atoms with E-state index >= 15 is 0 Å². The van der Waals surface area contributed by atoms with Crippen LogP contribution in [-0.4, -0.2) is 42.1 Å². The third-order valence-electron chi connectivity index (χ3n) is 4.41. The summed E-state index contributed by atoms with van der Waals surface area (Å²) in [4.78, 5) is 10.8. The van der Waals surface area contributed by atoms with Gasteiger partial charge in [0.2, 0.25) is 0 Å². The standard InChI is InChI=1S/C21H40O2.Na/c1-3-5-6-7-8-9-10-11-12-13-14-15-16-17-18-19-20-23-21(22)4-2;/h4H,2-3,5-20H2,1H3;. The van der Waals surface area contributed by atoms with Gasteiger partial charge in [-0.05, 0) is 6.42 Å². The minimum Gasteiger partial charge on any atom is -0.463 e. The Balaban J connectivity index is 0. The maximum atomic E-state index is 10.8. The molecule has 137 valence electrons. The second kappa shape index (κ2) is 23.2. The molecule has 0 aromatic heterocycles. The predicted octanol–water partition coefficient (Wildman–Crippen LogP) is 6.60. The molecule has 0 bridgehead atoms. The van der Waals surface area contributed by atoms with Crippen LogP contribution in [0.4, 0.5) is 0 Å². The fourth-order valence-corrected chi connectivity index (χ4v) is 2.88. The number of unbranched alkanes of at least 4 members (excludes halogenated alkanes) is 15. The summed E-state index contributed by atoms with van der Waals surface area (Å²) in [7, 11) is 0. The van der Waals surface area contributed by atoms with Gasteiger partial charge in [-0.3, -0.25) is 0 Å². The third-order valence-corrected chi connectivity index (χ3v) is 4.41. The van der Waals surface area contributed by atoms with Gasteiger partial charge in [-0.25, -0.2) is 4.79 Å². The number of hydrogen-bond acceptors (Lipinski definition) is 2. The minimum atomic E-state index is -0.300. The summed E-state index contributed by atoms with van der Waals surface area (Å²) in [6.45, 7) is 6.20. The zero-order valence-corrected chi connectivity index (χ0v) is 18.6. The zero-order chi connectivity index (χ0) is 17.0. The molecule has 0 unspecified atom stereocenters. The van der Waals surface area contributed by atoms with Crippen molar-refractivity contribution in [3.8, 4) is 0 Å². The Bertz CT molecular complexity index is 267. The van der Waals surface area contributed by atoms with Crippen LogP contribution in [0.25, 0.3) is 0 Å². The molecule has 0 aliphatic carbocycles. The molecule has 0 rings (SSSR count). The topological polar surface area (TPSA) is 26.3 Å². The molecule has 0 N–H and O–H groups in total. The number of esters is 1. The number of carbonyl (C=O) groups excluding carboxylic acids is 1. The molecule has 0 aromatic carbocycles. The van der Waals surface area contributed by atoms with Gasteiger partial charge in [0.15, 0.2) is 0 Å². The predicted molar refractivity (Wildman–Crippen MR) is 106 cm³/mol. The van der Waals surface area contributed by atoms with Gasteiger partial charge >= 0.3 is 5.97 Å². The van der Waals surface area contributed by atoms with Gasteiger partial charge in [0, 0.05) is 35.6 Å². The minimum absolute atomic E-state index is 0. The quantitative estimate of drug-likeness (QED) is 0.121. The monoisotopic (exact) mass is 347 g/mol. The average Bonchev–Trinajstić information content (AvgIpc) is 2.57. The molecule has 3 heteroatoms. The molecule has 0 aliphatic heterocycles. The summed E-state index contributed by atoms with van der Waals surface area (Å²) in [6, 6.07) is 0. The van der Waals surface area contributed by atoms with Crippen LogP contribution in [0.3, 0.4) is 0 Å². The molecular weight excluding hydrogens is 307 g/mol. The molecular formula is C21H40NaO2. The smallest absolute Gasteiger partial charge is 0.330 e. The van der Waals surface area contributed by atoms with Crippen molar-refractivity contribution in [1.82, 2.24) is 0 Å². The molecule has 1 radical (unpaired) electrons. The van der Waals surface area contributed by atoms with E-state index in [0.29, 0.717) is 6.61 Å². The van der Waals surface area contributed by atoms with Crippen LogP contribution in [0.1, 0.15) is 110 Å². The van der Waals surface area contributed by atoms with E-state index in [2.05, 4.69) is 13.5 Å². The molecule has 0 spiro atoms. The van der Waals surface area contributed by atoms with Crippen molar-refractivity contribution >= 4 is 35.5 Å². The Hall–Kier alpha value is 0.210. The first-order valence-corrected chi connectivity index (χ1v) is 10.1. The van der Waals surface area contributed by atoms with Gasteiger partial charge in [-0.15, -0.1) is 0 Å². The molecule has 0 aliphatic rings. The van der Waals surface area contributed by atoms with Crippen LogP contribution in [0.5, 0.6) is 0 Å². The Morgan fingerprint density at radius 3 is 1.38 bits per heavy atom. The SMILES string of the molecule is C=CC(=O)OCCCCCCCCCCCCCCCCCC.[Na]. The van der Waals surface area contributed by atoms with Crippen LogP contribution in [0.2, 0.25) is 0 Å².